The van der Waals surface area contributed by atoms with E-state index in [0.717, 1.165) is 28.4 Å². The number of methoxy groups -OCH3 is 1. The first-order valence-electron chi connectivity index (χ1n) is 8.64. The van der Waals surface area contributed by atoms with E-state index in [2.05, 4.69) is 10.3 Å². The number of nitrogens with one attached hydrogen (secondary N) is 1. The van der Waals surface area contributed by atoms with Crippen molar-refractivity contribution in [3.8, 4) is 17.2 Å². The predicted molar refractivity (Wildman–Crippen MR) is 103 cm³/mol. The van der Waals surface area contributed by atoms with E-state index >= 15 is 0 Å². The van der Waals surface area contributed by atoms with E-state index in [9.17, 15) is 4.79 Å². The van der Waals surface area contributed by atoms with E-state index < -0.39 is 0 Å². The summed E-state index contributed by atoms with van der Waals surface area (Å²) in [5.41, 5.74) is 3.20. The summed E-state index contributed by atoms with van der Waals surface area (Å²) >= 11 is 0. The number of rotatable bonds is 4. The Bertz CT molecular complexity index is 994. The van der Waals surface area contributed by atoms with Crippen molar-refractivity contribution in [1.29, 1.82) is 0 Å². The fraction of sp³-hybridized carbons (Fsp3) is 0.143. The van der Waals surface area contributed by atoms with Crippen molar-refractivity contribution >= 4 is 17.7 Å². The molecule has 2 aromatic carbocycles. The number of carbonyl (C=O) groups excluding carboxylic acids is 1. The molecule has 0 bridgehead atoms. The van der Waals surface area contributed by atoms with Crippen molar-refractivity contribution in [2.75, 3.05) is 19.0 Å². The number of benzene rings is 2. The van der Waals surface area contributed by atoms with Crippen LogP contribution in [0.5, 0.6) is 11.5 Å². The molecule has 6 nitrogen and oxygen atoms in total. The van der Waals surface area contributed by atoms with Crippen molar-refractivity contribution in [2.24, 2.45) is 0 Å². The summed E-state index contributed by atoms with van der Waals surface area (Å²) in [7, 11) is 1.62. The van der Waals surface area contributed by atoms with E-state index in [-0.39, 0.29) is 5.91 Å². The molecule has 1 aromatic heterocycles. The Balaban J connectivity index is 1.56. The zero-order valence-electron chi connectivity index (χ0n) is 14.9. The average molecular weight is 361 g/mol. The van der Waals surface area contributed by atoms with Crippen molar-refractivity contribution in [3.63, 3.8) is 0 Å². The molecule has 0 atom stereocenters. The van der Waals surface area contributed by atoms with Gasteiger partial charge in [0, 0.05) is 47.4 Å². The first-order chi connectivity index (χ1) is 13.2. The van der Waals surface area contributed by atoms with Crippen molar-refractivity contribution in [1.82, 2.24) is 9.55 Å². The molecule has 0 aliphatic carbocycles. The zero-order chi connectivity index (χ0) is 18.6. The first kappa shape index (κ1) is 16.9. The summed E-state index contributed by atoms with van der Waals surface area (Å²) in [5.74, 6) is 1.32. The molecule has 1 amide bonds. The van der Waals surface area contributed by atoms with Gasteiger partial charge in [-0.05, 0) is 36.4 Å². The molecule has 0 unspecified atom stereocenters. The lowest BCUT2D eigenvalue weighted by atomic mass is 10.1. The number of nitrogens with zero attached hydrogens (tertiary/aromatic N) is 2. The third-order valence-electron chi connectivity index (χ3n) is 4.38. The minimum absolute atomic E-state index is 0.134. The van der Waals surface area contributed by atoms with Crippen LogP contribution in [0.2, 0.25) is 0 Å². The van der Waals surface area contributed by atoms with Crippen LogP contribution < -0.4 is 14.8 Å². The Kier molecular flexibility index (Phi) is 4.61. The SMILES string of the molecule is COc1ccc2c(c1)OCCC(C(=O)Nc1cccc(-n3ccnc3)c1)=C2. The Morgan fingerprint density at radius 1 is 1.26 bits per heavy atom. The molecule has 1 aliphatic heterocycles. The molecule has 136 valence electrons. The van der Waals surface area contributed by atoms with E-state index in [1.165, 1.54) is 0 Å². The Morgan fingerprint density at radius 2 is 2.19 bits per heavy atom. The molecule has 4 rings (SSSR count). The van der Waals surface area contributed by atoms with Crippen LogP contribution in [-0.4, -0.2) is 29.2 Å². The van der Waals surface area contributed by atoms with Gasteiger partial charge >= 0.3 is 0 Å². The van der Waals surface area contributed by atoms with Gasteiger partial charge in [-0.2, -0.15) is 0 Å². The topological polar surface area (TPSA) is 65.4 Å². The monoisotopic (exact) mass is 361 g/mol. The maximum atomic E-state index is 12.8. The molecule has 27 heavy (non-hydrogen) atoms. The molecule has 6 heteroatoms. The van der Waals surface area contributed by atoms with E-state index in [4.69, 9.17) is 9.47 Å². The summed E-state index contributed by atoms with van der Waals surface area (Å²) in [6, 6.07) is 13.2. The lowest BCUT2D eigenvalue weighted by molar-refractivity contribution is -0.113. The van der Waals surface area contributed by atoms with Crippen LogP contribution in [0.1, 0.15) is 12.0 Å². The first-order valence-corrected chi connectivity index (χ1v) is 8.64. The quantitative estimate of drug-likeness (QED) is 0.770. The van der Waals surface area contributed by atoms with Crippen LogP contribution in [-0.2, 0) is 4.79 Å². The van der Waals surface area contributed by atoms with Gasteiger partial charge < -0.3 is 19.4 Å². The highest BCUT2D eigenvalue weighted by atomic mass is 16.5. The Morgan fingerprint density at radius 3 is 3.00 bits per heavy atom. The third-order valence-corrected chi connectivity index (χ3v) is 4.38. The van der Waals surface area contributed by atoms with Gasteiger partial charge in [0.25, 0.3) is 5.91 Å². The van der Waals surface area contributed by atoms with Gasteiger partial charge in [0.05, 0.1) is 20.0 Å². The number of ether oxygens (including phenoxy) is 2. The number of hydrogen-bond donors (Lipinski definition) is 1. The number of amides is 1. The fourth-order valence-corrected chi connectivity index (χ4v) is 2.96. The van der Waals surface area contributed by atoms with E-state index in [0.29, 0.717) is 18.6 Å². The predicted octanol–water partition coefficient (Wildman–Crippen LogP) is 3.69. The number of aromatic nitrogens is 2. The summed E-state index contributed by atoms with van der Waals surface area (Å²) < 4.78 is 12.9. The fourth-order valence-electron chi connectivity index (χ4n) is 2.96. The Hall–Kier alpha value is -3.54. The summed E-state index contributed by atoms with van der Waals surface area (Å²) in [6.45, 7) is 0.439. The molecule has 0 saturated heterocycles. The van der Waals surface area contributed by atoms with Gasteiger partial charge in [-0.3, -0.25) is 4.79 Å². The van der Waals surface area contributed by atoms with Crippen LogP contribution in [0.4, 0.5) is 5.69 Å². The number of imidazole rings is 1. The summed E-state index contributed by atoms with van der Waals surface area (Å²) in [6.07, 6.45) is 7.70. The van der Waals surface area contributed by atoms with Gasteiger partial charge in [-0.25, -0.2) is 4.98 Å². The molecular weight excluding hydrogens is 342 g/mol. The average Bonchev–Trinajstić information content (AvgIpc) is 3.14. The second-order valence-electron chi connectivity index (χ2n) is 6.15. The number of fused-ring (bicyclic) bond motifs is 1. The van der Waals surface area contributed by atoms with Gasteiger partial charge in [0.1, 0.15) is 11.5 Å². The van der Waals surface area contributed by atoms with E-state index in [1.54, 1.807) is 19.6 Å². The minimum atomic E-state index is -0.134. The van der Waals surface area contributed by atoms with Crippen molar-refractivity contribution < 1.29 is 14.3 Å². The number of carbonyl (C=O) groups is 1. The van der Waals surface area contributed by atoms with Gasteiger partial charge in [-0.15, -0.1) is 0 Å². The van der Waals surface area contributed by atoms with Gasteiger partial charge in [0.2, 0.25) is 0 Å². The zero-order valence-corrected chi connectivity index (χ0v) is 14.9. The van der Waals surface area contributed by atoms with Crippen LogP contribution in [0, 0.1) is 0 Å². The maximum absolute atomic E-state index is 12.8. The number of hydrogen-bond acceptors (Lipinski definition) is 4. The molecule has 0 spiro atoms. The molecular formula is C21H19N3O3. The number of anilines is 1. The highest BCUT2D eigenvalue weighted by molar-refractivity contribution is 6.07. The van der Waals surface area contributed by atoms with Gasteiger partial charge in [-0.1, -0.05) is 6.07 Å². The normalized spacial score (nSPS) is 13.0. The van der Waals surface area contributed by atoms with Crippen LogP contribution in [0.25, 0.3) is 11.8 Å². The molecule has 0 fully saturated rings. The smallest absolute Gasteiger partial charge is 0.251 e. The molecule has 3 aromatic rings. The summed E-state index contributed by atoms with van der Waals surface area (Å²) in [5, 5.41) is 2.97. The highest BCUT2D eigenvalue weighted by Crippen LogP contribution is 2.30. The van der Waals surface area contributed by atoms with Crippen LogP contribution in [0.15, 0.2) is 66.8 Å². The van der Waals surface area contributed by atoms with Gasteiger partial charge in [0.15, 0.2) is 0 Å². The van der Waals surface area contributed by atoms with E-state index in [1.807, 2.05) is 59.3 Å². The molecule has 1 N–H and O–H groups in total. The summed E-state index contributed by atoms with van der Waals surface area (Å²) in [4.78, 5) is 16.8. The second kappa shape index (κ2) is 7.37. The minimum Gasteiger partial charge on any atom is -0.497 e. The van der Waals surface area contributed by atoms with Crippen LogP contribution in [0.3, 0.4) is 0 Å². The molecule has 1 aliphatic rings. The molecule has 0 saturated carbocycles. The van der Waals surface area contributed by atoms with Crippen molar-refractivity contribution in [2.45, 2.75) is 6.42 Å². The lowest BCUT2D eigenvalue weighted by Gasteiger charge is -2.09. The highest BCUT2D eigenvalue weighted by Gasteiger charge is 2.16. The largest absolute Gasteiger partial charge is 0.497 e. The maximum Gasteiger partial charge on any atom is 0.251 e. The second-order valence-corrected chi connectivity index (χ2v) is 6.15. The van der Waals surface area contributed by atoms with Crippen molar-refractivity contribution in [3.05, 3.63) is 72.3 Å². The lowest BCUT2D eigenvalue weighted by Crippen LogP contribution is -2.15. The van der Waals surface area contributed by atoms with Crippen LogP contribution >= 0.6 is 0 Å². The standard InChI is InChI=1S/C21H19N3O3/c1-26-19-6-5-15-11-16(7-10-27-20(15)13-19)21(25)23-17-3-2-4-18(12-17)24-9-8-22-14-24/h2-6,8-9,11-14H,7,10H2,1H3,(H,23,25). The molecule has 0 radical (unpaired) electrons. The third kappa shape index (κ3) is 3.69. The Labute approximate surface area is 157 Å². The molecule has 2 heterocycles.